The number of aromatic nitrogens is 1. The number of pyridine rings is 1. The van der Waals surface area contributed by atoms with Gasteiger partial charge < -0.3 is 4.90 Å². The molecule has 2 nitrogen and oxygen atoms in total. The van der Waals surface area contributed by atoms with Crippen molar-refractivity contribution in [1.29, 1.82) is 0 Å². The van der Waals surface area contributed by atoms with E-state index >= 15 is 0 Å². The summed E-state index contributed by atoms with van der Waals surface area (Å²) in [5, 5.41) is 2.96. The summed E-state index contributed by atoms with van der Waals surface area (Å²) in [6.45, 7) is 1.12. The Morgan fingerprint density at radius 1 is 1.25 bits per heavy atom. The van der Waals surface area contributed by atoms with Crippen LogP contribution in [0.15, 0.2) is 30.5 Å². The largest absolute Gasteiger partial charge is 0.367 e. The van der Waals surface area contributed by atoms with Crippen molar-refractivity contribution in [2.75, 3.05) is 16.8 Å². The van der Waals surface area contributed by atoms with Crippen LogP contribution in [0.1, 0.15) is 25.7 Å². The van der Waals surface area contributed by atoms with Gasteiger partial charge in [-0.25, -0.2) is 0 Å². The van der Waals surface area contributed by atoms with Crippen molar-refractivity contribution in [2.24, 2.45) is 0 Å². The van der Waals surface area contributed by atoms with Gasteiger partial charge >= 0.3 is 0 Å². The monoisotopic (exact) mass is 352 g/mol. The van der Waals surface area contributed by atoms with E-state index in [1.807, 2.05) is 18.3 Å². The maximum absolute atomic E-state index is 6.08. The molecule has 0 bridgehead atoms. The Hall–Kier alpha value is -0.800. The quantitative estimate of drug-likeness (QED) is 0.704. The number of benzene rings is 1. The SMILES string of the molecule is Clc1ccc2c(N3CCCCCC3CBr)ccnc2c1. The van der Waals surface area contributed by atoms with Crippen LogP contribution in [-0.2, 0) is 0 Å². The number of alkyl halides is 1. The highest BCUT2D eigenvalue weighted by atomic mass is 79.9. The molecule has 1 aliphatic rings. The van der Waals surface area contributed by atoms with Crippen molar-refractivity contribution >= 4 is 44.1 Å². The highest BCUT2D eigenvalue weighted by Gasteiger charge is 2.21. The maximum Gasteiger partial charge on any atom is 0.0737 e. The molecule has 1 fully saturated rings. The molecule has 2 aromatic rings. The summed E-state index contributed by atoms with van der Waals surface area (Å²) >= 11 is 9.76. The molecule has 2 heterocycles. The van der Waals surface area contributed by atoms with E-state index in [0.717, 1.165) is 22.4 Å². The molecule has 4 heteroatoms. The first-order chi connectivity index (χ1) is 9.79. The molecule has 1 unspecified atom stereocenters. The maximum atomic E-state index is 6.08. The number of nitrogens with zero attached hydrogens (tertiary/aromatic N) is 2. The summed E-state index contributed by atoms with van der Waals surface area (Å²) in [6.07, 6.45) is 7.06. The van der Waals surface area contributed by atoms with Gasteiger partial charge in [-0.1, -0.05) is 40.4 Å². The Morgan fingerprint density at radius 3 is 3.00 bits per heavy atom. The van der Waals surface area contributed by atoms with Crippen molar-refractivity contribution in [3.8, 4) is 0 Å². The Bertz CT molecular complexity index is 602. The van der Waals surface area contributed by atoms with Crippen LogP contribution in [0.2, 0.25) is 5.02 Å². The fourth-order valence-corrected chi connectivity index (χ4v) is 3.85. The molecular formula is C16H18BrClN2. The standard InChI is InChI=1S/C16H18BrClN2/c17-11-13-4-2-1-3-9-20(13)16-7-8-19-15-10-12(18)5-6-14(15)16/h5-8,10,13H,1-4,9,11H2. The van der Waals surface area contributed by atoms with E-state index in [1.54, 1.807) is 0 Å². The number of fused-ring (bicyclic) bond motifs is 1. The number of hydrogen-bond acceptors (Lipinski definition) is 2. The summed E-state index contributed by atoms with van der Waals surface area (Å²) in [5.74, 6) is 0. The van der Waals surface area contributed by atoms with Gasteiger partial charge in [0.05, 0.1) is 5.52 Å². The van der Waals surface area contributed by atoms with Gasteiger partial charge in [-0.05, 0) is 37.1 Å². The van der Waals surface area contributed by atoms with Crippen molar-refractivity contribution < 1.29 is 0 Å². The molecule has 0 N–H and O–H groups in total. The lowest BCUT2D eigenvalue weighted by atomic mass is 10.1. The van der Waals surface area contributed by atoms with Crippen LogP contribution in [0.5, 0.6) is 0 Å². The first-order valence-electron chi connectivity index (χ1n) is 7.16. The summed E-state index contributed by atoms with van der Waals surface area (Å²) in [5.41, 5.74) is 2.27. The molecule has 1 saturated heterocycles. The molecule has 1 atom stereocenters. The second kappa shape index (κ2) is 6.31. The molecular weight excluding hydrogens is 336 g/mol. The molecule has 3 rings (SSSR count). The smallest absolute Gasteiger partial charge is 0.0737 e. The average molecular weight is 354 g/mol. The van der Waals surface area contributed by atoms with Crippen LogP contribution in [-0.4, -0.2) is 22.9 Å². The van der Waals surface area contributed by atoms with E-state index in [-0.39, 0.29) is 0 Å². The normalized spacial score (nSPS) is 20.1. The first-order valence-corrected chi connectivity index (χ1v) is 8.66. The minimum Gasteiger partial charge on any atom is -0.367 e. The number of hydrogen-bond donors (Lipinski definition) is 0. The van der Waals surface area contributed by atoms with Crippen LogP contribution >= 0.6 is 27.5 Å². The Morgan fingerprint density at radius 2 is 2.15 bits per heavy atom. The van der Waals surface area contributed by atoms with Crippen LogP contribution in [0, 0.1) is 0 Å². The van der Waals surface area contributed by atoms with Crippen LogP contribution in [0.25, 0.3) is 10.9 Å². The predicted octanol–water partition coefficient (Wildman–Crippen LogP) is 5.03. The van der Waals surface area contributed by atoms with Gasteiger partial charge in [-0.2, -0.15) is 0 Å². The zero-order chi connectivity index (χ0) is 13.9. The summed E-state index contributed by atoms with van der Waals surface area (Å²) in [4.78, 5) is 6.99. The lowest BCUT2D eigenvalue weighted by Crippen LogP contribution is -2.36. The van der Waals surface area contributed by atoms with E-state index in [1.165, 1.54) is 36.8 Å². The first kappa shape index (κ1) is 14.2. The lowest BCUT2D eigenvalue weighted by Gasteiger charge is -2.31. The van der Waals surface area contributed by atoms with Crippen LogP contribution in [0.3, 0.4) is 0 Å². The summed E-state index contributed by atoms with van der Waals surface area (Å²) < 4.78 is 0. The van der Waals surface area contributed by atoms with Gasteiger partial charge in [0.1, 0.15) is 0 Å². The fourth-order valence-electron chi connectivity index (χ4n) is 3.01. The molecule has 0 spiro atoms. The summed E-state index contributed by atoms with van der Waals surface area (Å²) in [7, 11) is 0. The van der Waals surface area contributed by atoms with Crippen LogP contribution in [0.4, 0.5) is 5.69 Å². The van der Waals surface area contributed by atoms with Crippen molar-refractivity contribution in [3.63, 3.8) is 0 Å². The number of halogens is 2. The Labute approximate surface area is 133 Å². The van der Waals surface area contributed by atoms with Gasteiger partial charge in [0, 0.05) is 40.2 Å². The van der Waals surface area contributed by atoms with Crippen molar-refractivity contribution in [2.45, 2.75) is 31.7 Å². The lowest BCUT2D eigenvalue weighted by molar-refractivity contribution is 0.627. The third-order valence-electron chi connectivity index (χ3n) is 4.05. The zero-order valence-electron chi connectivity index (χ0n) is 11.4. The summed E-state index contributed by atoms with van der Waals surface area (Å²) in [6, 6.07) is 8.70. The molecule has 106 valence electrons. The van der Waals surface area contributed by atoms with E-state index in [0.29, 0.717) is 6.04 Å². The molecule has 0 aliphatic carbocycles. The van der Waals surface area contributed by atoms with Crippen molar-refractivity contribution in [1.82, 2.24) is 4.98 Å². The zero-order valence-corrected chi connectivity index (χ0v) is 13.7. The van der Waals surface area contributed by atoms with Gasteiger partial charge in [0.25, 0.3) is 0 Å². The molecule has 20 heavy (non-hydrogen) atoms. The van der Waals surface area contributed by atoms with E-state index in [2.05, 4.69) is 37.9 Å². The third kappa shape index (κ3) is 2.79. The van der Waals surface area contributed by atoms with Gasteiger partial charge in [-0.3, -0.25) is 4.98 Å². The van der Waals surface area contributed by atoms with Gasteiger partial charge in [-0.15, -0.1) is 0 Å². The van der Waals surface area contributed by atoms with E-state index in [9.17, 15) is 0 Å². The molecule has 1 aromatic carbocycles. The number of rotatable bonds is 2. The fraction of sp³-hybridized carbons (Fsp3) is 0.438. The Balaban J connectivity index is 2.07. The third-order valence-corrected chi connectivity index (χ3v) is 5.03. The number of anilines is 1. The minimum atomic E-state index is 0.568. The molecule has 1 aliphatic heterocycles. The Kier molecular flexibility index (Phi) is 4.47. The highest BCUT2D eigenvalue weighted by Crippen LogP contribution is 2.31. The average Bonchev–Trinajstić information content (AvgIpc) is 2.71. The molecule has 0 radical (unpaired) electrons. The molecule has 0 amide bonds. The molecule has 1 aromatic heterocycles. The minimum absolute atomic E-state index is 0.568. The highest BCUT2D eigenvalue weighted by molar-refractivity contribution is 9.09. The van der Waals surface area contributed by atoms with E-state index in [4.69, 9.17) is 11.6 Å². The second-order valence-corrected chi connectivity index (χ2v) is 6.43. The van der Waals surface area contributed by atoms with Crippen molar-refractivity contribution in [3.05, 3.63) is 35.5 Å². The van der Waals surface area contributed by atoms with E-state index < -0.39 is 0 Å². The second-order valence-electron chi connectivity index (χ2n) is 5.34. The predicted molar refractivity (Wildman–Crippen MR) is 90.1 cm³/mol. The van der Waals surface area contributed by atoms with Gasteiger partial charge in [0.2, 0.25) is 0 Å². The van der Waals surface area contributed by atoms with Gasteiger partial charge in [0.15, 0.2) is 0 Å². The topological polar surface area (TPSA) is 16.1 Å². The molecule has 0 saturated carbocycles. The van der Waals surface area contributed by atoms with Crippen LogP contribution < -0.4 is 4.90 Å².